The number of hydrogen-bond donors (Lipinski definition) is 1. The van der Waals surface area contributed by atoms with Crippen LogP contribution < -0.4 is 5.32 Å². The smallest absolute Gasteiger partial charge is 0.0698 e. The number of piperidine rings is 1. The van der Waals surface area contributed by atoms with E-state index in [1.54, 1.807) is 0 Å². The molecule has 1 unspecified atom stereocenters. The molecule has 1 aliphatic heterocycles. The summed E-state index contributed by atoms with van der Waals surface area (Å²) < 4.78 is 5.43. The number of nitrogens with one attached hydrogen (secondary N) is 1. The normalized spacial score (nSPS) is 22.9. The Labute approximate surface area is 101 Å². The van der Waals surface area contributed by atoms with Gasteiger partial charge in [-0.05, 0) is 45.3 Å². The van der Waals surface area contributed by atoms with Crippen molar-refractivity contribution >= 4 is 0 Å². The second kappa shape index (κ2) is 8.04. The van der Waals surface area contributed by atoms with Gasteiger partial charge in [0.2, 0.25) is 0 Å². The largest absolute Gasteiger partial charge is 0.380 e. The van der Waals surface area contributed by atoms with E-state index in [2.05, 4.69) is 24.1 Å². The lowest BCUT2D eigenvalue weighted by atomic mass is 10.1. The Bertz CT molecular complexity index is 173. The van der Waals surface area contributed by atoms with Crippen LogP contribution in [0, 0.1) is 0 Å². The highest BCUT2D eigenvalue weighted by Gasteiger charge is 2.18. The summed E-state index contributed by atoms with van der Waals surface area (Å²) in [6.07, 6.45) is 5.59. The fraction of sp³-hybridized carbons (Fsp3) is 1.00. The van der Waals surface area contributed by atoms with E-state index < -0.39 is 0 Å². The molecule has 0 aromatic heterocycles. The van der Waals surface area contributed by atoms with Crippen LogP contribution in [0.2, 0.25) is 0 Å². The van der Waals surface area contributed by atoms with Crippen molar-refractivity contribution in [3.8, 4) is 0 Å². The van der Waals surface area contributed by atoms with E-state index in [0.717, 1.165) is 13.1 Å². The Morgan fingerprint density at radius 1 is 1.38 bits per heavy atom. The zero-order valence-electron chi connectivity index (χ0n) is 11.2. The standard InChI is InChI=1S/C13H28N2O/c1-12(2)14-8-4-5-9-15-10-6-7-13(11-15)16-3/h12-14H,4-11H2,1-3H3. The van der Waals surface area contributed by atoms with E-state index >= 15 is 0 Å². The van der Waals surface area contributed by atoms with Crippen molar-refractivity contribution in [2.24, 2.45) is 0 Å². The molecule has 0 amide bonds. The minimum absolute atomic E-state index is 0.475. The summed E-state index contributed by atoms with van der Waals surface area (Å²) in [5.74, 6) is 0. The zero-order chi connectivity index (χ0) is 11.8. The summed E-state index contributed by atoms with van der Waals surface area (Å²) >= 11 is 0. The molecule has 0 saturated carbocycles. The summed E-state index contributed by atoms with van der Waals surface area (Å²) in [4.78, 5) is 2.55. The molecule has 1 rings (SSSR count). The minimum Gasteiger partial charge on any atom is -0.380 e. The van der Waals surface area contributed by atoms with Gasteiger partial charge in [-0.1, -0.05) is 13.8 Å². The molecule has 0 spiro atoms. The van der Waals surface area contributed by atoms with Crippen LogP contribution in [0.4, 0.5) is 0 Å². The third-order valence-electron chi connectivity index (χ3n) is 3.25. The molecule has 16 heavy (non-hydrogen) atoms. The van der Waals surface area contributed by atoms with Gasteiger partial charge in [0.05, 0.1) is 6.10 Å². The highest BCUT2D eigenvalue weighted by atomic mass is 16.5. The third-order valence-corrected chi connectivity index (χ3v) is 3.25. The molecule has 3 nitrogen and oxygen atoms in total. The molecule has 0 aromatic rings. The summed E-state index contributed by atoms with van der Waals surface area (Å²) in [7, 11) is 1.83. The number of hydrogen-bond acceptors (Lipinski definition) is 3. The predicted octanol–water partition coefficient (Wildman–Crippen LogP) is 1.88. The molecule has 1 fully saturated rings. The Morgan fingerprint density at radius 2 is 2.19 bits per heavy atom. The summed E-state index contributed by atoms with van der Waals surface area (Å²) in [5.41, 5.74) is 0. The lowest BCUT2D eigenvalue weighted by molar-refractivity contribution is 0.0309. The number of ether oxygens (including phenoxy) is 1. The van der Waals surface area contributed by atoms with Crippen molar-refractivity contribution in [2.75, 3.05) is 33.3 Å². The first kappa shape index (κ1) is 13.9. The second-order valence-electron chi connectivity index (χ2n) is 5.12. The quantitative estimate of drug-likeness (QED) is 0.673. The average molecular weight is 228 g/mol. The maximum atomic E-state index is 5.43. The molecular formula is C13H28N2O. The second-order valence-corrected chi connectivity index (χ2v) is 5.12. The number of likely N-dealkylation sites (tertiary alicyclic amines) is 1. The lowest BCUT2D eigenvalue weighted by Gasteiger charge is -2.31. The fourth-order valence-corrected chi connectivity index (χ4v) is 2.26. The monoisotopic (exact) mass is 228 g/mol. The van der Waals surface area contributed by atoms with Crippen LogP contribution in [0.25, 0.3) is 0 Å². The Kier molecular flexibility index (Phi) is 7.01. The van der Waals surface area contributed by atoms with Gasteiger partial charge in [0.1, 0.15) is 0 Å². The lowest BCUT2D eigenvalue weighted by Crippen LogP contribution is -2.39. The molecule has 3 heteroatoms. The van der Waals surface area contributed by atoms with Crippen molar-refractivity contribution in [2.45, 2.75) is 51.7 Å². The molecule has 0 aromatic carbocycles. The highest BCUT2D eigenvalue weighted by molar-refractivity contribution is 4.72. The fourth-order valence-electron chi connectivity index (χ4n) is 2.26. The summed E-state index contributed by atoms with van der Waals surface area (Å²) in [6.45, 7) is 9.19. The van der Waals surface area contributed by atoms with Crippen LogP contribution in [-0.4, -0.2) is 50.3 Å². The van der Waals surface area contributed by atoms with Crippen molar-refractivity contribution in [1.82, 2.24) is 10.2 Å². The van der Waals surface area contributed by atoms with Crippen LogP contribution in [0.3, 0.4) is 0 Å². The third kappa shape index (κ3) is 5.83. The Morgan fingerprint density at radius 3 is 2.88 bits per heavy atom. The Hall–Kier alpha value is -0.120. The average Bonchev–Trinajstić information content (AvgIpc) is 2.28. The maximum Gasteiger partial charge on any atom is 0.0698 e. The minimum atomic E-state index is 0.475. The highest BCUT2D eigenvalue weighted by Crippen LogP contribution is 2.12. The van der Waals surface area contributed by atoms with E-state index in [-0.39, 0.29) is 0 Å². The number of methoxy groups -OCH3 is 1. The summed E-state index contributed by atoms with van der Waals surface area (Å²) in [5, 5.41) is 3.46. The number of nitrogens with zero attached hydrogens (tertiary/aromatic N) is 1. The van der Waals surface area contributed by atoms with Crippen molar-refractivity contribution in [3.05, 3.63) is 0 Å². The molecule has 0 bridgehead atoms. The van der Waals surface area contributed by atoms with Crippen molar-refractivity contribution < 1.29 is 4.74 Å². The Balaban J connectivity index is 1.99. The molecule has 1 heterocycles. The van der Waals surface area contributed by atoms with E-state index in [1.165, 1.54) is 38.8 Å². The van der Waals surface area contributed by atoms with Gasteiger partial charge in [-0.2, -0.15) is 0 Å². The SMILES string of the molecule is COC1CCCN(CCCCNC(C)C)C1. The van der Waals surface area contributed by atoms with E-state index in [1.807, 2.05) is 7.11 Å². The number of rotatable bonds is 7. The van der Waals surface area contributed by atoms with Crippen molar-refractivity contribution in [1.29, 1.82) is 0 Å². The van der Waals surface area contributed by atoms with E-state index in [4.69, 9.17) is 4.74 Å². The van der Waals surface area contributed by atoms with Gasteiger partial charge < -0.3 is 15.0 Å². The molecular weight excluding hydrogens is 200 g/mol. The summed E-state index contributed by atoms with van der Waals surface area (Å²) in [6, 6.07) is 0.618. The predicted molar refractivity (Wildman–Crippen MR) is 68.8 cm³/mol. The van der Waals surface area contributed by atoms with E-state index in [9.17, 15) is 0 Å². The van der Waals surface area contributed by atoms with Crippen LogP contribution in [-0.2, 0) is 4.74 Å². The van der Waals surface area contributed by atoms with Gasteiger partial charge >= 0.3 is 0 Å². The van der Waals surface area contributed by atoms with Crippen LogP contribution >= 0.6 is 0 Å². The van der Waals surface area contributed by atoms with E-state index in [0.29, 0.717) is 12.1 Å². The molecule has 96 valence electrons. The van der Waals surface area contributed by atoms with Gasteiger partial charge in [-0.3, -0.25) is 0 Å². The van der Waals surface area contributed by atoms with Crippen molar-refractivity contribution in [3.63, 3.8) is 0 Å². The van der Waals surface area contributed by atoms with Gasteiger partial charge in [0.15, 0.2) is 0 Å². The molecule has 1 aliphatic rings. The van der Waals surface area contributed by atoms with Gasteiger partial charge in [-0.25, -0.2) is 0 Å². The first-order valence-corrected chi connectivity index (χ1v) is 6.71. The first-order chi connectivity index (χ1) is 7.72. The molecule has 0 radical (unpaired) electrons. The van der Waals surface area contributed by atoms with Gasteiger partial charge in [0.25, 0.3) is 0 Å². The van der Waals surface area contributed by atoms with Crippen LogP contribution in [0.15, 0.2) is 0 Å². The molecule has 0 aliphatic carbocycles. The van der Waals surface area contributed by atoms with Gasteiger partial charge in [-0.15, -0.1) is 0 Å². The topological polar surface area (TPSA) is 24.5 Å². The zero-order valence-corrected chi connectivity index (χ0v) is 11.2. The first-order valence-electron chi connectivity index (χ1n) is 6.71. The molecule has 1 saturated heterocycles. The van der Waals surface area contributed by atoms with Crippen LogP contribution in [0.5, 0.6) is 0 Å². The maximum absolute atomic E-state index is 5.43. The van der Waals surface area contributed by atoms with Crippen LogP contribution in [0.1, 0.15) is 39.5 Å². The molecule has 1 N–H and O–H groups in total. The number of unbranched alkanes of at least 4 members (excludes halogenated alkanes) is 1. The van der Waals surface area contributed by atoms with Gasteiger partial charge in [0, 0.05) is 19.7 Å². The molecule has 1 atom stereocenters.